The van der Waals surface area contributed by atoms with Crippen LogP contribution in [-0.2, 0) is 11.2 Å². The van der Waals surface area contributed by atoms with E-state index in [1.54, 1.807) is 6.07 Å². The molecule has 2 N–H and O–H groups in total. The number of fused-ring (bicyclic) bond motifs is 1. The average molecular weight is 408 g/mol. The summed E-state index contributed by atoms with van der Waals surface area (Å²) >= 11 is 13.2. The van der Waals surface area contributed by atoms with E-state index < -0.39 is 5.91 Å². The summed E-state index contributed by atoms with van der Waals surface area (Å²) in [6.45, 7) is 1.90. The van der Waals surface area contributed by atoms with Crippen molar-refractivity contribution in [3.8, 4) is 0 Å². The largest absolute Gasteiger partial charge is 0.343 e. The maximum absolute atomic E-state index is 12.1. The van der Waals surface area contributed by atoms with Gasteiger partial charge in [-0.3, -0.25) is 9.59 Å². The molecule has 0 fully saturated rings. The van der Waals surface area contributed by atoms with Crippen LogP contribution in [-0.4, -0.2) is 23.3 Å². The topological polar surface area (TPSA) is 71.1 Å². The van der Waals surface area contributed by atoms with Crippen LogP contribution in [0.1, 0.15) is 22.8 Å². The predicted octanol–water partition coefficient (Wildman–Crippen LogP) is 4.53. The zero-order valence-corrected chi connectivity index (χ0v) is 16.1. The zero-order valence-electron chi connectivity index (χ0n) is 13.8. The van der Waals surface area contributed by atoms with Gasteiger partial charge in [-0.05, 0) is 42.3 Å². The Morgan fingerprint density at radius 1 is 1.15 bits per heavy atom. The second-order valence-electron chi connectivity index (χ2n) is 5.53. The molecule has 8 heteroatoms. The molecule has 0 aliphatic heterocycles. The molecule has 1 aromatic heterocycles. The SMILES string of the molecule is CCc1ccc2nc(NC(=O)CNC(=O)c3ccc(Cl)cc3Cl)sc2c1. The molecule has 0 atom stereocenters. The molecule has 134 valence electrons. The van der Waals surface area contributed by atoms with Gasteiger partial charge >= 0.3 is 0 Å². The molecule has 0 unspecified atom stereocenters. The lowest BCUT2D eigenvalue weighted by atomic mass is 10.2. The van der Waals surface area contributed by atoms with E-state index in [-0.39, 0.29) is 23.0 Å². The number of hydrogen-bond acceptors (Lipinski definition) is 4. The lowest BCUT2D eigenvalue weighted by molar-refractivity contribution is -0.115. The summed E-state index contributed by atoms with van der Waals surface area (Å²) in [5.74, 6) is -0.808. The van der Waals surface area contributed by atoms with Gasteiger partial charge in [-0.1, -0.05) is 47.5 Å². The molecule has 2 aromatic carbocycles. The Bertz CT molecular complexity index is 988. The Labute approximate surface area is 164 Å². The first kappa shape index (κ1) is 18.6. The number of halogens is 2. The summed E-state index contributed by atoms with van der Waals surface area (Å²) in [5.41, 5.74) is 2.31. The number of nitrogens with zero attached hydrogens (tertiary/aromatic N) is 1. The van der Waals surface area contributed by atoms with Crippen molar-refractivity contribution in [2.24, 2.45) is 0 Å². The van der Waals surface area contributed by atoms with Crippen LogP contribution >= 0.6 is 34.5 Å². The Balaban J connectivity index is 1.61. The minimum Gasteiger partial charge on any atom is -0.343 e. The summed E-state index contributed by atoms with van der Waals surface area (Å²) < 4.78 is 1.01. The number of hydrogen-bond donors (Lipinski definition) is 2. The molecule has 0 aliphatic carbocycles. The van der Waals surface area contributed by atoms with Gasteiger partial charge in [0.15, 0.2) is 5.13 Å². The first-order chi connectivity index (χ1) is 12.5. The first-order valence-electron chi connectivity index (χ1n) is 7.89. The lowest BCUT2D eigenvalue weighted by Gasteiger charge is -2.06. The standard InChI is InChI=1S/C18H15Cl2N3O2S/c1-2-10-3-6-14-15(7-10)26-18(22-14)23-16(24)9-21-17(25)12-5-4-11(19)8-13(12)20/h3-8H,2,9H2,1H3,(H,21,25)(H,22,23,24). The van der Waals surface area contributed by atoms with Gasteiger partial charge in [-0.2, -0.15) is 0 Å². The molecular formula is C18H15Cl2N3O2S. The second kappa shape index (κ2) is 8.03. The van der Waals surface area contributed by atoms with Crippen LogP contribution in [0.4, 0.5) is 5.13 Å². The Kier molecular flexibility index (Phi) is 5.76. The highest BCUT2D eigenvalue weighted by atomic mass is 35.5. The van der Waals surface area contributed by atoms with Crippen LogP contribution < -0.4 is 10.6 Å². The van der Waals surface area contributed by atoms with E-state index in [4.69, 9.17) is 23.2 Å². The zero-order chi connectivity index (χ0) is 18.7. The van der Waals surface area contributed by atoms with Crippen LogP contribution in [0.2, 0.25) is 10.0 Å². The molecule has 1 heterocycles. The number of rotatable bonds is 5. The van der Waals surface area contributed by atoms with Crippen LogP contribution in [0, 0.1) is 0 Å². The molecule has 5 nitrogen and oxygen atoms in total. The minimum atomic E-state index is -0.446. The quantitative estimate of drug-likeness (QED) is 0.652. The third kappa shape index (κ3) is 4.33. The van der Waals surface area contributed by atoms with E-state index in [1.165, 1.54) is 29.0 Å². The average Bonchev–Trinajstić information content (AvgIpc) is 3.00. The molecular weight excluding hydrogens is 393 g/mol. The summed E-state index contributed by atoms with van der Waals surface area (Å²) in [6.07, 6.45) is 0.939. The number of thiazole rings is 1. The van der Waals surface area contributed by atoms with E-state index in [0.717, 1.165) is 16.6 Å². The van der Waals surface area contributed by atoms with Gasteiger partial charge in [-0.15, -0.1) is 0 Å². The van der Waals surface area contributed by atoms with Gasteiger partial charge in [0.25, 0.3) is 5.91 Å². The molecule has 0 bridgehead atoms. The number of carbonyl (C=O) groups excluding carboxylic acids is 2. The van der Waals surface area contributed by atoms with E-state index in [9.17, 15) is 9.59 Å². The molecule has 0 spiro atoms. The number of benzene rings is 2. The van der Waals surface area contributed by atoms with E-state index >= 15 is 0 Å². The van der Waals surface area contributed by atoms with Crippen molar-refractivity contribution in [2.45, 2.75) is 13.3 Å². The summed E-state index contributed by atoms with van der Waals surface area (Å²) in [7, 11) is 0. The van der Waals surface area contributed by atoms with Crippen molar-refractivity contribution >= 4 is 61.7 Å². The maximum atomic E-state index is 12.1. The highest BCUT2D eigenvalue weighted by Gasteiger charge is 2.13. The fraction of sp³-hybridized carbons (Fsp3) is 0.167. The van der Waals surface area contributed by atoms with Crippen molar-refractivity contribution < 1.29 is 9.59 Å². The smallest absolute Gasteiger partial charge is 0.253 e. The minimum absolute atomic E-state index is 0.187. The summed E-state index contributed by atoms with van der Waals surface area (Å²) in [4.78, 5) is 28.6. The number of amides is 2. The molecule has 0 aliphatic rings. The van der Waals surface area contributed by atoms with E-state index in [0.29, 0.717) is 10.2 Å². The van der Waals surface area contributed by atoms with Crippen LogP contribution in [0.15, 0.2) is 36.4 Å². The van der Waals surface area contributed by atoms with E-state index in [1.807, 2.05) is 12.1 Å². The van der Waals surface area contributed by atoms with Crippen molar-refractivity contribution in [2.75, 3.05) is 11.9 Å². The summed E-state index contributed by atoms with van der Waals surface area (Å²) in [6, 6.07) is 10.6. The second-order valence-corrected chi connectivity index (χ2v) is 7.40. The van der Waals surface area contributed by atoms with Crippen molar-refractivity contribution in [3.63, 3.8) is 0 Å². The Hall–Kier alpha value is -2.15. The fourth-order valence-corrected chi connectivity index (χ4v) is 3.78. The first-order valence-corrected chi connectivity index (χ1v) is 9.46. The number of carbonyl (C=O) groups is 2. The maximum Gasteiger partial charge on any atom is 0.253 e. The van der Waals surface area contributed by atoms with Gasteiger partial charge in [0.1, 0.15) is 0 Å². The molecule has 0 saturated carbocycles. The van der Waals surface area contributed by atoms with Gasteiger partial charge in [-0.25, -0.2) is 4.98 Å². The summed E-state index contributed by atoms with van der Waals surface area (Å²) in [5, 5.41) is 6.39. The molecule has 3 rings (SSSR count). The van der Waals surface area contributed by atoms with Gasteiger partial charge in [0.2, 0.25) is 5.91 Å². The normalized spacial score (nSPS) is 10.7. The molecule has 3 aromatic rings. The Morgan fingerprint density at radius 2 is 1.96 bits per heavy atom. The Morgan fingerprint density at radius 3 is 2.69 bits per heavy atom. The predicted molar refractivity (Wildman–Crippen MR) is 106 cm³/mol. The van der Waals surface area contributed by atoms with E-state index in [2.05, 4.69) is 28.6 Å². The number of nitrogens with one attached hydrogen (secondary N) is 2. The van der Waals surface area contributed by atoms with Crippen LogP contribution in [0.5, 0.6) is 0 Å². The fourth-order valence-electron chi connectivity index (χ4n) is 2.34. The molecule has 2 amide bonds. The highest BCUT2D eigenvalue weighted by molar-refractivity contribution is 7.22. The third-order valence-corrected chi connectivity index (χ3v) is 5.17. The molecule has 0 saturated heterocycles. The number of aromatic nitrogens is 1. The van der Waals surface area contributed by atoms with Gasteiger partial charge in [0.05, 0.1) is 27.3 Å². The lowest BCUT2D eigenvalue weighted by Crippen LogP contribution is -2.32. The third-order valence-electron chi connectivity index (χ3n) is 3.69. The number of anilines is 1. The van der Waals surface area contributed by atoms with Crippen LogP contribution in [0.25, 0.3) is 10.2 Å². The number of aryl methyl sites for hydroxylation is 1. The van der Waals surface area contributed by atoms with Crippen molar-refractivity contribution in [1.29, 1.82) is 0 Å². The molecule has 0 radical (unpaired) electrons. The molecule has 26 heavy (non-hydrogen) atoms. The van der Waals surface area contributed by atoms with Gasteiger partial charge in [0, 0.05) is 5.02 Å². The van der Waals surface area contributed by atoms with Crippen molar-refractivity contribution in [3.05, 3.63) is 57.6 Å². The van der Waals surface area contributed by atoms with Crippen LogP contribution in [0.3, 0.4) is 0 Å². The monoisotopic (exact) mass is 407 g/mol. The van der Waals surface area contributed by atoms with Gasteiger partial charge < -0.3 is 10.6 Å². The van der Waals surface area contributed by atoms with Crippen molar-refractivity contribution in [1.82, 2.24) is 10.3 Å². The highest BCUT2D eigenvalue weighted by Crippen LogP contribution is 2.27.